The highest BCUT2D eigenvalue weighted by molar-refractivity contribution is 7.89. The Hall–Kier alpha value is -1.60. The Labute approximate surface area is 143 Å². The fourth-order valence-corrected chi connectivity index (χ4v) is 4.69. The van der Waals surface area contributed by atoms with Crippen molar-refractivity contribution in [3.05, 3.63) is 29.8 Å². The number of amides is 1. The van der Waals surface area contributed by atoms with Gasteiger partial charge in [-0.05, 0) is 37.3 Å². The minimum absolute atomic E-state index is 0.0292. The van der Waals surface area contributed by atoms with E-state index in [1.165, 1.54) is 4.31 Å². The molecule has 0 bridgehead atoms. The number of fused-ring (bicyclic) bond motifs is 1. The second-order valence-electron chi connectivity index (χ2n) is 6.36. The van der Waals surface area contributed by atoms with E-state index in [0.717, 1.165) is 24.2 Å². The number of hydrogen-bond acceptors (Lipinski definition) is 4. The van der Waals surface area contributed by atoms with Gasteiger partial charge in [-0.2, -0.15) is 0 Å². The molecule has 7 heteroatoms. The molecule has 0 aliphatic carbocycles. The summed E-state index contributed by atoms with van der Waals surface area (Å²) in [6.45, 7) is 1.87. The first-order valence-electron chi connectivity index (χ1n) is 8.52. The quantitative estimate of drug-likeness (QED) is 0.863. The summed E-state index contributed by atoms with van der Waals surface area (Å²) in [6, 6.07) is 7.74. The van der Waals surface area contributed by atoms with Crippen molar-refractivity contribution in [1.29, 1.82) is 0 Å². The number of para-hydroxylation sites is 1. The molecule has 1 amide bonds. The molecule has 1 atom stereocenters. The normalized spacial score (nSPS) is 21.6. The molecule has 132 valence electrons. The van der Waals surface area contributed by atoms with Gasteiger partial charge in [0.25, 0.3) is 0 Å². The third kappa shape index (κ3) is 4.08. The monoisotopic (exact) mass is 352 g/mol. The Kier molecular flexibility index (Phi) is 5.40. The molecule has 1 fully saturated rings. The minimum atomic E-state index is -3.25. The van der Waals surface area contributed by atoms with Crippen molar-refractivity contribution in [3.8, 4) is 5.75 Å². The predicted molar refractivity (Wildman–Crippen MR) is 91.4 cm³/mol. The Morgan fingerprint density at radius 2 is 2.00 bits per heavy atom. The number of ether oxygens (including phenoxy) is 1. The molecule has 0 radical (unpaired) electrons. The van der Waals surface area contributed by atoms with Gasteiger partial charge in [0.05, 0.1) is 12.4 Å². The molecule has 0 spiro atoms. The first kappa shape index (κ1) is 17.2. The van der Waals surface area contributed by atoms with Crippen molar-refractivity contribution in [2.24, 2.45) is 5.92 Å². The van der Waals surface area contributed by atoms with Crippen LogP contribution in [0, 0.1) is 5.92 Å². The van der Waals surface area contributed by atoms with Crippen molar-refractivity contribution < 1.29 is 17.9 Å². The number of hydrogen-bond donors (Lipinski definition) is 1. The van der Waals surface area contributed by atoms with Crippen molar-refractivity contribution in [2.75, 3.05) is 32.0 Å². The molecule has 0 saturated carbocycles. The van der Waals surface area contributed by atoms with Crippen LogP contribution >= 0.6 is 0 Å². The fraction of sp³-hybridized carbons (Fsp3) is 0.588. The van der Waals surface area contributed by atoms with Gasteiger partial charge in [-0.3, -0.25) is 4.79 Å². The predicted octanol–water partition coefficient (Wildman–Crippen LogP) is 1.17. The Morgan fingerprint density at radius 1 is 1.25 bits per heavy atom. The van der Waals surface area contributed by atoms with E-state index in [1.807, 2.05) is 24.3 Å². The molecule has 24 heavy (non-hydrogen) atoms. The highest BCUT2D eigenvalue weighted by atomic mass is 32.2. The second kappa shape index (κ2) is 7.53. The Balaban J connectivity index is 1.52. The average molecular weight is 352 g/mol. The van der Waals surface area contributed by atoms with Crippen LogP contribution in [-0.2, 0) is 21.2 Å². The molecule has 0 aromatic heterocycles. The van der Waals surface area contributed by atoms with Crippen LogP contribution in [0.3, 0.4) is 0 Å². The van der Waals surface area contributed by atoms with Gasteiger partial charge in [0, 0.05) is 25.6 Å². The molecule has 1 N–H and O–H groups in total. The smallest absolute Gasteiger partial charge is 0.223 e. The number of rotatable bonds is 5. The minimum Gasteiger partial charge on any atom is -0.493 e. The zero-order valence-electron chi connectivity index (χ0n) is 13.7. The lowest BCUT2D eigenvalue weighted by atomic mass is 9.96. The number of carbonyl (C=O) groups is 1. The molecule has 1 saturated heterocycles. The SMILES string of the molecule is O=C(NCCS(=O)(=O)N1CCCC1)C1CCOc2ccccc2C1. The molecule has 1 aromatic rings. The fourth-order valence-electron chi connectivity index (χ4n) is 3.26. The lowest BCUT2D eigenvalue weighted by Crippen LogP contribution is -2.38. The third-order valence-electron chi connectivity index (χ3n) is 4.65. The van der Waals surface area contributed by atoms with Crippen LogP contribution in [0.25, 0.3) is 0 Å². The van der Waals surface area contributed by atoms with E-state index in [0.29, 0.717) is 32.5 Å². The van der Waals surface area contributed by atoms with Crippen LogP contribution in [0.15, 0.2) is 24.3 Å². The summed E-state index contributed by atoms with van der Waals surface area (Å²) >= 11 is 0. The van der Waals surface area contributed by atoms with E-state index in [1.54, 1.807) is 0 Å². The summed E-state index contributed by atoms with van der Waals surface area (Å²) in [7, 11) is -3.25. The average Bonchev–Trinajstić information content (AvgIpc) is 3.02. The summed E-state index contributed by atoms with van der Waals surface area (Å²) in [5, 5.41) is 2.79. The van der Waals surface area contributed by atoms with Gasteiger partial charge in [0.2, 0.25) is 15.9 Å². The highest BCUT2D eigenvalue weighted by Gasteiger charge is 2.26. The number of benzene rings is 1. The molecule has 2 aliphatic rings. The zero-order chi connectivity index (χ0) is 17.0. The standard InChI is InChI=1S/C17H24N2O4S/c20-17(18-8-12-24(21,22)19-9-3-4-10-19)15-7-11-23-16-6-2-1-5-14(16)13-15/h1-2,5-6,15H,3-4,7-13H2,(H,18,20). The van der Waals surface area contributed by atoms with Crippen LogP contribution < -0.4 is 10.1 Å². The summed E-state index contributed by atoms with van der Waals surface area (Å²) in [4.78, 5) is 12.4. The van der Waals surface area contributed by atoms with Crippen LogP contribution in [0.5, 0.6) is 5.75 Å². The molecule has 3 rings (SSSR count). The van der Waals surface area contributed by atoms with Crippen LogP contribution in [0.1, 0.15) is 24.8 Å². The maximum absolute atomic E-state index is 12.4. The van der Waals surface area contributed by atoms with Gasteiger partial charge >= 0.3 is 0 Å². The second-order valence-corrected chi connectivity index (χ2v) is 8.45. The van der Waals surface area contributed by atoms with Gasteiger partial charge in [0.15, 0.2) is 0 Å². The largest absolute Gasteiger partial charge is 0.493 e. The van der Waals surface area contributed by atoms with E-state index in [4.69, 9.17) is 4.74 Å². The van der Waals surface area contributed by atoms with E-state index in [9.17, 15) is 13.2 Å². The number of sulfonamides is 1. The summed E-state index contributed by atoms with van der Waals surface area (Å²) in [6.07, 6.45) is 3.11. The number of carbonyl (C=O) groups excluding carboxylic acids is 1. The Bertz CT molecular complexity index is 684. The molecule has 6 nitrogen and oxygen atoms in total. The van der Waals surface area contributed by atoms with Crippen LogP contribution in [0.4, 0.5) is 0 Å². The molecule has 2 aliphatic heterocycles. The molecular formula is C17H24N2O4S. The highest BCUT2D eigenvalue weighted by Crippen LogP contribution is 2.26. The van der Waals surface area contributed by atoms with Crippen molar-refractivity contribution in [2.45, 2.75) is 25.7 Å². The van der Waals surface area contributed by atoms with Crippen molar-refractivity contribution in [1.82, 2.24) is 9.62 Å². The van der Waals surface area contributed by atoms with E-state index in [2.05, 4.69) is 5.32 Å². The molecular weight excluding hydrogens is 328 g/mol. The third-order valence-corrected chi connectivity index (χ3v) is 6.52. The number of nitrogens with zero attached hydrogens (tertiary/aromatic N) is 1. The van der Waals surface area contributed by atoms with Gasteiger partial charge < -0.3 is 10.1 Å². The lowest BCUT2D eigenvalue weighted by Gasteiger charge is -2.17. The summed E-state index contributed by atoms with van der Waals surface area (Å²) < 4.78 is 31.5. The van der Waals surface area contributed by atoms with Gasteiger partial charge in [0.1, 0.15) is 5.75 Å². The van der Waals surface area contributed by atoms with Gasteiger partial charge in [-0.25, -0.2) is 12.7 Å². The van der Waals surface area contributed by atoms with Gasteiger partial charge in [-0.15, -0.1) is 0 Å². The molecule has 1 aromatic carbocycles. The summed E-state index contributed by atoms with van der Waals surface area (Å²) in [5.74, 6) is 0.540. The topological polar surface area (TPSA) is 75.7 Å². The maximum atomic E-state index is 12.4. The van der Waals surface area contributed by atoms with Crippen LogP contribution in [-0.4, -0.2) is 50.6 Å². The molecule has 1 unspecified atom stereocenters. The lowest BCUT2D eigenvalue weighted by molar-refractivity contribution is -0.125. The molecule has 2 heterocycles. The van der Waals surface area contributed by atoms with E-state index in [-0.39, 0.29) is 24.1 Å². The summed E-state index contributed by atoms with van der Waals surface area (Å²) in [5.41, 5.74) is 1.03. The van der Waals surface area contributed by atoms with Crippen molar-refractivity contribution in [3.63, 3.8) is 0 Å². The first-order chi connectivity index (χ1) is 11.6. The maximum Gasteiger partial charge on any atom is 0.223 e. The Morgan fingerprint density at radius 3 is 2.79 bits per heavy atom. The van der Waals surface area contributed by atoms with E-state index >= 15 is 0 Å². The van der Waals surface area contributed by atoms with Crippen molar-refractivity contribution >= 4 is 15.9 Å². The first-order valence-corrected chi connectivity index (χ1v) is 10.1. The van der Waals surface area contributed by atoms with Crippen LogP contribution in [0.2, 0.25) is 0 Å². The zero-order valence-corrected chi connectivity index (χ0v) is 14.6. The number of nitrogens with one attached hydrogen (secondary N) is 1. The van der Waals surface area contributed by atoms with E-state index < -0.39 is 10.0 Å². The van der Waals surface area contributed by atoms with Gasteiger partial charge in [-0.1, -0.05) is 18.2 Å².